The van der Waals surface area contributed by atoms with Gasteiger partial charge in [-0.05, 0) is 42.8 Å². The van der Waals surface area contributed by atoms with Crippen molar-refractivity contribution in [1.29, 1.82) is 0 Å². The highest BCUT2D eigenvalue weighted by Crippen LogP contribution is 2.33. The molecule has 1 aliphatic heterocycles. The highest BCUT2D eigenvalue weighted by atomic mass is 79.9. The molecule has 0 bridgehead atoms. The Morgan fingerprint density at radius 2 is 2.10 bits per heavy atom. The van der Waals surface area contributed by atoms with E-state index in [0.717, 1.165) is 54.0 Å². The molecule has 164 valence electrons. The lowest BCUT2D eigenvalue weighted by Crippen LogP contribution is -2.39. The van der Waals surface area contributed by atoms with Crippen LogP contribution in [0.15, 0.2) is 40.9 Å². The number of aromatic nitrogens is 1. The van der Waals surface area contributed by atoms with Gasteiger partial charge in [-0.3, -0.25) is 14.6 Å². The Morgan fingerprint density at radius 3 is 2.87 bits per heavy atom. The Labute approximate surface area is 198 Å². The average molecular weight is 525 g/mol. The minimum absolute atomic E-state index is 0.167. The van der Waals surface area contributed by atoms with Crippen LogP contribution in [0, 0.1) is 0 Å². The molecule has 1 saturated heterocycles. The van der Waals surface area contributed by atoms with Crippen LogP contribution in [-0.2, 0) is 4.74 Å². The Balaban J connectivity index is 1.62. The highest BCUT2D eigenvalue weighted by Gasteiger charge is 2.25. The Bertz CT molecular complexity index is 1070. The molecule has 1 aromatic heterocycles. The van der Waals surface area contributed by atoms with Crippen molar-refractivity contribution in [2.45, 2.75) is 6.42 Å². The molecular formula is C22H23BrClN3O3S. The molecule has 0 radical (unpaired) electrons. The fourth-order valence-electron chi connectivity index (χ4n) is 3.56. The van der Waals surface area contributed by atoms with Crippen molar-refractivity contribution in [2.75, 3.05) is 51.4 Å². The lowest BCUT2D eigenvalue weighted by molar-refractivity contribution is 0.0376. The summed E-state index contributed by atoms with van der Waals surface area (Å²) in [6.45, 7) is 4.81. The zero-order valence-electron chi connectivity index (χ0n) is 17.1. The van der Waals surface area contributed by atoms with Crippen LogP contribution in [0.1, 0.15) is 16.8 Å². The highest BCUT2D eigenvalue weighted by molar-refractivity contribution is 9.10. The molecule has 0 atom stereocenters. The summed E-state index contributed by atoms with van der Waals surface area (Å²) in [5, 5.41) is 1.16. The number of benzene rings is 2. The first-order valence-electron chi connectivity index (χ1n) is 10.1. The molecule has 3 aromatic rings. The molecule has 0 N–H and O–H groups in total. The van der Waals surface area contributed by atoms with E-state index in [1.54, 1.807) is 30.2 Å². The largest absolute Gasteiger partial charge is 0.496 e. The van der Waals surface area contributed by atoms with E-state index in [9.17, 15) is 4.79 Å². The zero-order valence-corrected chi connectivity index (χ0v) is 20.3. The number of fused-ring (bicyclic) bond motifs is 1. The third-order valence-electron chi connectivity index (χ3n) is 5.17. The zero-order chi connectivity index (χ0) is 21.8. The van der Waals surface area contributed by atoms with Crippen LogP contribution in [-0.4, -0.2) is 62.3 Å². The van der Waals surface area contributed by atoms with E-state index in [1.165, 1.54) is 11.3 Å². The van der Waals surface area contributed by atoms with Gasteiger partial charge in [0.25, 0.3) is 5.91 Å². The molecule has 0 aliphatic carbocycles. The molecule has 9 heteroatoms. The van der Waals surface area contributed by atoms with E-state index in [4.69, 9.17) is 26.1 Å². The molecular weight excluding hydrogens is 502 g/mol. The van der Waals surface area contributed by atoms with Crippen LogP contribution in [0.4, 0.5) is 5.13 Å². The quantitative estimate of drug-likeness (QED) is 0.431. The lowest BCUT2D eigenvalue weighted by atomic mass is 10.1. The van der Waals surface area contributed by atoms with Crippen molar-refractivity contribution in [3.05, 3.63) is 51.5 Å². The maximum Gasteiger partial charge on any atom is 0.263 e. The SMILES string of the molecule is COc1ccc(Cl)cc1C(=O)N(CCCN1CCOCC1)c1nc2ccc(Br)cc2s1. The summed E-state index contributed by atoms with van der Waals surface area (Å²) in [6.07, 6.45) is 0.828. The molecule has 31 heavy (non-hydrogen) atoms. The van der Waals surface area contributed by atoms with E-state index in [2.05, 4.69) is 20.8 Å². The maximum absolute atomic E-state index is 13.6. The number of anilines is 1. The Hall–Kier alpha value is -1.71. The molecule has 1 amide bonds. The summed E-state index contributed by atoms with van der Waals surface area (Å²) in [5.74, 6) is 0.330. The van der Waals surface area contributed by atoms with Crippen molar-refractivity contribution < 1.29 is 14.3 Å². The minimum Gasteiger partial charge on any atom is -0.496 e. The van der Waals surface area contributed by atoms with Crippen molar-refractivity contribution in [3.63, 3.8) is 0 Å². The summed E-state index contributed by atoms with van der Waals surface area (Å²) < 4.78 is 12.9. The number of carbonyl (C=O) groups excluding carboxylic acids is 1. The summed E-state index contributed by atoms with van der Waals surface area (Å²) in [6, 6.07) is 11.0. The van der Waals surface area contributed by atoms with Gasteiger partial charge in [-0.15, -0.1) is 0 Å². The number of methoxy groups -OCH3 is 1. The fourth-order valence-corrected chi connectivity index (χ4v) is 5.27. The van der Waals surface area contributed by atoms with Gasteiger partial charge >= 0.3 is 0 Å². The van der Waals surface area contributed by atoms with Gasteiger partial charge in [-0.25, -0.2) is 4.98 Å². The van der Waals surface area contributed by atoms with Gasteiger partial charge in [0.05, 0.1) is 36.1 Å². The first-order chi connectivity index (χ1) is 15.0. The number of hydrogen-bond acceptors (Lipinski definition) is 6. The predicted octanol–water partition coefficient (Wildman–Crippen LogP) is 5.09. The molecule has 0 spiro atoms. The van der Waals surface area contributed by atoms with Gasteiger partial charge < -0.3 is 9.47 Å². The van der Waals surface area contributed by atoms with E-state index in [1.807, 2.05) is 18.2 Å². The summed E-state index contributed by atoms with van der Waals surface area (Å²) in [4.78, 5) is 22.5. The second-order valence-corrected chi connectivity index (χ2v) is 9.58. The van der Waals surface area contributed by atoms with E-state index < -0.39 is 0 Å². The van der Waals surface area contributed by atoms with E-state index >= 15 is 0 Å². The summed E-state index contributed by atoms with van der Waals surface area (Å²) >= 11 is 11.2. The Kier molecular flexibility index (Phi) is 7.45. The molecule has 2 heterocycles. The lowest BCUT2D eigenvalue weighted by Gasteiger charge is -2.28. The van der Waals surface area contributed by atoms with Gasteiger partial charge in [0.15, 0.2) is 5.13 Å². The Morgan fingerprint density at radius 1 is 1.29 bits per heavy atom. The number of hydrogen-bond donors (Lipinski definition) is 0. The van der Waals surface area contributed by atoms with Crippen LogP contribution < -0.4 is 9.64 Å². The normalized spacial score (nSPS) is 14.7. The first-order valence-corrected chi connectivity index (χ1v) is 12.1. The van der Waals surface area contributed by atoms with Gasteiger partial charge in [-0.2, -0.15) is 0 Å². The van der Waals surface area contributed by atoms with Crippen LogP contribution in [0.5, 0.6) is 5.75 Å². The number of amides is 1. The van der Waals surface area contributed by atoms with Gasteiger partial charge in [0, 0.05) is 35.7 Å². The number of thiazole rings is 1. The number of nitrogens with zero attached hydrogens (tertiary/aromatic N) is 3. The number of ether oxygens (including phenoxy) is 2. The molecule has 1 aliphatic rings. The molecule has 1 fully saturated rings. The molecule has 0 unspecified atom stereocenters. The average Bonchev–Trinajstić information content (AvgIpc) is 3.19. The summed E-state index contributed by atoms with van der Waals surface area (Å²) in [5.41, 5.74) is 1.30. The first kappa shape index (κ1) is 22.5. The second kappa shape index (κ2) is 10.3. The van der Waals surface area contributed by atoms with Gasteiger partial charge in [-0.1, -0.05) is 38.9 Å². The third-order valence-corrected chi connectivity index (χ3v) is 6.94. The van der Waals surface area contributed by atoms with Crippen LogP contribution >= 0.6 is 38.9 Å². The molecule has 4 rings (SSSR count). The van der Waals surface area contributed by atoms with Crippen molar-refractivity contribution in [2.24, 2.45) is 0 Å². The standard InChI is InChI=1S/C22H23BrClN3O3S/c1-29-19-6-4-16(24)14-17(19)21(28)27(8-2-7-26-9-11-30-12-10-26)22-25-18-5-3-15(23)13-20(18)31-22/h3-6,13-14H,2,7-12H2,1H3. The minimum atomic E-state index is -0.167. The topological polar surface area (TPSA) is 54.9 Å². The molecule has 6 nitrogen and oxygen atoms in total. The molecule has 0 saturated carbocycles. The number of carbonyl (C=O) groups is 1. The third kappa shape index (κ3) is 5.38. The maximum atomic E-state index is 13.6. The van der Waals surface area contributed by atoms with Crippen LogP contribution in [0.2, 0.25) is 5.02 Å². The van der Waals surface area contributed by atoms with Crippen LogP contribution in [0.3, 0.4) is 0 Å². The van der Waals surface area contributed by atoms with Crippen LogP contribution in [0.25, 0.3) is 10.2 Å². The predicted molar refractivity (Wildman–Crippen MR) is 129 cm³/mol. The molecule has 2 aromatic carbocycles. The van der Waals surface area contributed by atoms with E-state index in [0.29, 0.717) is 28.0 Å². The monoisotopic (exact) mass is 523 g/mol. The van der Waals surface area contributed by atoms with Gasteiger partial charge in [0.2, 0.25) is 0 Å². The van der Waals surface area contributed by atoms with Crippen molar-refractivity contribution in [1.82, 2.24) is 9.88 Å². The van der Waals surface area contributed by atoms with E-state index in [-0.39, 0.29) is 5.91 Å². The number of halogens is 2. The fraction of sp³-hybridized carbons (Fsp3) is 0.364. The second-order valence-electron chi connectivity index (χ2n) is 7.22. The van der Waals surface area contributed by atoms with Crippen molar-refractivity contribution >= 4 is 60.1 Å². The number of rotatable bonds is 7. The van der Waals surface area contributed by atoms with Crippen molar-refractivity contribution in [3.8, 4) is 5.75 Å². The summed E-state index contributed by atoms with van der Waals surface area (Å²) in [7, 11) is 1.55. The smallest absolute Gasteiger partial charge is 0.263 e. The van der Waals surface area contributed by atoms with Gasteiger partial charge in [0.1, 0.15) is 5.75 Å². The number of morpholine rings is 1.